The Labute approximate surface area is 265 Å². The van der Waals surface area contributed by atoms with Crippen LogP contribution in [0.4, 0.5) is 11.4 Å². The van der Waals surface area contributed by atoms with Gasteiger partial charge in [-0.2, -0.15) is 4.58 Å². The van der Waals surface area contributed by atoms with E-state index in [0.717, 1.165) is 17.0 Å². The van der Waals surface area contributed by atoms with E-state index in [2.05, 4.69) is 5.32 Å². The van der Waals surface area contributed by atoms with Gasteiger partial charge in [0.1, 0.15) is 6.54 Å². The molecule has 1 N–H and O–H groups in total. The third-order valence-electron chi connectivity index (χ3n) is 6.58. The summed E-state index contributed by atoms with van der Waals surface area (Å²) in [4.78, 5) is 26.2. The van der Waals surface area contributed by atoms with Gasteiger partial charge in [-0.1, -0.05) is 32.0 Å². The lowest BCUT2D eigenvalue weighted by Crippen LogP contribution is -2.29. The molecule has 0 saturated heterocycles. The van der Waals surface area contributed by atoms with E-state index in [1.807, 2.05) is 80.9 Å². The second-order valence-electron chi connectivity index (χ2n) is 10.3. The molecule has 0 bridgehead atoms. The maximum atomic E-state index is 13.3. The van der Waals surface area contributed by atoms with Crippen LogP contribution in [0.2, 0.25) is 0 Å². The lowest BCUT2D eigenvalue weighted by molar-refractivity contribution is -0.437. The van der Waals surface area contributed by atoms with Crippen LogP contribution >= 0.6 is 0 Å². The van der Waals surface area contributed by atoms with Gasteiger partial charge >= 0.3 is 21.2 Å². The van der Waals surface area contributed by atoms with Crippen molar-refractivity contribution < 1.29 is 52.4 Å². The predicted octanol–water partition coefficient (Wildman–Crippen LogP) is 3.58. The fourth-order valence-corrected chi connectivity index (χ4v) is 5.38. The van der Waals surface area contributed by atoms with E-state index in [1.165, 1.54) is 0 Å². The molecule has 0 spiro atoms. The molecule has 1 aliphatic heterocycles. The standard InChI is InChI=1S/C29H36N2O5S.2O3S/c1-5-11-25(32)21-19-23(26(33)12-6-2)28-24(20-21)31(17-10-18-37(34,35)36)27(29(28,3)4)15-16-30-22-13-8-7-9-14-22;2*1-4(2)3/h7-9,13-16,19-20H,5-6,10-12,17-18H2,1-4H3,(H,34,35,36);;. The number of ketones is 2. The van der Waals surface area contributed by atoms with E-state index in [-0.39, 0.29) is 24.5 Å². The number of hydrogen-bond acceptors (Lipinski definition) is 12. The predicted molar refractivity (Wildman–Crippen MR) is 166 cm³/mol. The zero-order valence-corrected chi connectivity index (χ0v) is 27.8. The molecule has 13 nitrogen and oxygen atoms in total. The highest BCUT2D eigenvalue weighted by Gasteiger charge is 2.47. The molecule has 2 aromatic carbocycles. The Hall–Kier alpha value is -3.86. The Bertz CT molecular complexity index is 1720. The summed E-state index contributed by atoms with van der Waals surface area (Å²) in [6, 6.07) is 13.2. The number of fused-ring (bicyclic) bond motifs is 1. The number of nitrogens with zero attached hydrogens (tertiary/aromatic N) is 1. The highest BCUT2D eigenvalue weighted by molar-refractivity contribution is 7.85. The number of nitrogens with one attached hydrogen (secondary N) is 1. The molecule has 0 saturated carbocycles. The molecular weight excluding hydrogens is 649 g/mol. The van der Waals surface area contributed by atoms with Gasteiger partial charge in [0.15, 0.2) is 17.3 Å². The van der Waals surface area contributed by atoms with Crippen LogP contribution in [0.3, 0.4) is 0 Å². The molecule has 0 atom stereocenters. The first kappa shape index (κ1) is 39.2. The normalized spacial score (nSPS) is 13.2. The van der Waals surface area contributed by atoms with Crippen LogP contribution in [0.1, 0.15) is 86.1 Å². The van der Waals surface area contributed by atoms with Crippen LogP contribution in [0.5, 0.6) is 0 Å². The number of carbonyl (C=O) groups is 2. The van der Waals surface area contributed by atoms with Crippen molar-refractivity contribution in [3.63, 3.8) is 0 Å². The molecule has 0 fully saturated rings. The number of allylic oxidation sites excluding steroid dienone is 1. The van der Waals surface area contributed by atoms with Crippen molar-refractivity contribution in [3.8, 4) is 0 Å². The maximum Gasteiger partial charge on any atom is 0.425 e. The Kier molecular flexibility index (Phi) is 15.8. The van der Waals surface area contributed by atoms with E-state index in [0.29, 0.717) is 42.5 Å². The lowest BCUT2D eigenvalue weighted by Gasteiger charge is -2.19. The number of rotatable bonds is 13. The Morgan fingerprint density at radius 2 is 1.44 bits per heavy atom. The third kappa shape index (κ3) is 13.0. The Morgan fingerprint density at radius 1 is 0.911 bits per heavy atom. The van der Waals surface area contributed by atoms with Crippen LogP contribution in [0.15, 0.2) is 54.7 Å². The van der Waals surface area contributed by atoms with Gasteiger partial charge in [-0.05, 0) is 44.9 Å². The number of hydrogen-bond donors (Lipinski definition) is 1. The minimum Gasteiger partial charge on any atom is -0.748 e. The molecule has 0 aliphatic carbocycles. The van der Waals surface area contributed by atoms with Gasteiger partial charge in [-0.15, -0.1) is 25.3 Å². The highest BCUT2D eigenvalue weighted by Crippen LogP contribution is 2.44. The van der Waals surface area contributed by atoms with Crippen molar-refractivity contribution in [1.82, 2.24) is 0 Å². The fourth-order valence-electron chi connectivity index (χ4n) is 4.90. The van der Waals surface area contributed by atoms with Crippen LogP contribution in [-0.2, 0) is 36.8 Å². The zero-order valence-electron chi connectivity index (χ0n) is 25.3. The lowest BCUT2D eigenvalue weighted by atomic mass is 9.77. The molecular formula is C29H36N2O11S3. The summed E-state index contributed by atoms with van der Waals surface area (Å²) < 4.78 is 86.6. The minimum absolute atomic E-state index is 0.0206. The molecule has 246 valence electrons. The van der Waals surface area contributed by atoms with E-state index in [1.54, 1.807) is 6.07 Å². The molecule has 0 radical (unpaired) electrons. The summed E-state index contributed by atoms with van der Waals surface area (Å²) in [6.45, 7) is 8.18. The first-order valence-corrected chi connectivity index (χ1v) is 17.4. The number of para-hydroxylation sites is 1. The topological polar surface area (TPSA) is 209 Å². The number of carbonyl (C=O) groups excluding carboxylic acids is 2. The average Bonchev–Trinajstić information content (AvgIpc) is 3.13. The molecule has 0 unspecified atom stereocenters. The van der Waals surface area contributed by atoms with Gasteiger partial charge in [-0.25, -0.2) is 8.42 Å². The molecule has 1 heterocycles. The van der Waals surface area contributed by atoms with Gasteiger partial charge in [0.05, 0.1) is 21.1 Å². The largest absolute Gasteiger partial charge is 0.748 e. The quantitative estimate of drug-likeness (QED) is 0.182. The Morgan fingerprint density at radius 3 is 1.96 bits per heavy atom. The van der Waals surface area contributed by atoms with Crippen molar-refractivity contribution in [2.24, 2.45) is 0 Å². The molecule has 2 aromatic rings. The zero-order chi connectivity index (χ0) is 34.4. The van der Waals surface area contributed by atoms with Crippen molar-refractivity contribution >= 4 is 60.0 Å². The smallest absolute Gasteiger partial charge is 0.425 e. The van der Waals surface area contributed by atoms with Crippen molar-refractivity contribution in [3.05, 3.63) is 71.4 Å². The first-order valence-electron chi connectivity index (χ1n) is 13.8. The summed E-state index contributed by atoms with van der Waals surface area (Å²) in [5.74, 6) is -0.549. The highest BCUT2D eigenvalue weighted by atomic mass is 32.2. The average molecular weight is 685 g/mol. The molecule has 45 heavy (non-hydrogen) atoms. The maximum absolute atomic E-state index is 13.3. The van der Waals surface area contributed by atoms with Gasteiger partial charge in [0.2, 0.25) is 5.69 Å². The second kappa shape index (κ2) is 18.2. The number of Topliss-reactive ketones (excluding diaryl/α,β-unsaturated/α-hetero) is 2. The fraction of sp³-hybridized carbons (Fsp3) is 0.414. The van der Waals surface area contributed by atoms with Gasteiger partial charge in [0.25, 0.3) is 0 Å². The molecule has 3 rings (SSSR count). The second-order valence-corrected chi connectivity index (χ2v) is 12.6. The SMILES string of the molecule is CCCC(=O)c1cc(C(=O)CCC)c2c(c1)[N+](CCCS(=O)(=O)[O-])=C(/C=C/Nc1ccccc1)C2(C)C.O=S(=O)=O.O=S(=O)=O. The summed E-state index contributed by atoms with van der Waals surface area (Å²) >= 11 is 0. The van der Waals surface area contributed by atoms with Crippen molar-refractivity contribution in [2.45, 2.75) is 65.2 Å². The monoisotopic (exact) mass is 684 g/mol. The van der Waals surface area contributed by atoms with Crippen LogP contribution in [0, 0.1) is 0 Å². The minimum atomic E-state index is -4.37. The van der Waals surface area contributed by atoms with Crippen molar-refractivity contribution in [2.75, 3.05) is 17.6 Å². The van der Waals surface area contributed by atoms with Crippen LogP contribution in [0.25, 0.3) is 0 Å². The number of benzene rings is 2. The molecule has 0 aromatic heterocycles. The molecule has 1 aliphatic rings. The van der Waals surface area contributed by atoms with Gasteiger partial charge in [0, 0.05) is 60.2 Å². The van der Waals surface area contributed by atoms with Crippen LogP contribution < -0.4 is 5.32 Å². The van der Waals surface area contributed by atoms with E-state index in [9.17, 15) is 22.6 Å². The Balaban J connectivity index is 0.00000113. The van der Waals surface area contributed by atoms with Gasteiger partial charge in [-0.3, -0.25) is 9.59 Å². The van der Waals surface area contributed by atoms with E-state index in [4.69, 9.17) is 25.3 Å². The first-order chi connectivity index (χ1) is 21.0. The number of anilines is 1. The summed E-state index contributed by atoms with van der Waals surface area (Å²) in [5, 5.41) is 3.25. The van der Waals surface area contributed by atoms with Gasteiger partial charge < -0.3 is 9.87 Å². The van der Waals surface area contributed by atoms with Crippen molar-refractivity contribution in [1.29, 1.82) is 0 Å². The van der Waals surface area contributed by atoms with Crippen LogP contribution in [-0.4, -0.2) is 72.4 Å². The summed E-state index contributed by atoms with van der Waals surface area (Å²) in [7, 11) is -10.6. The van der Waals surface area contributed by atoms with E-state index < -0.39 is 42.5 Å². The summed E-state index contributed by atoms with van der Waals surface area (Å²) in [5.41, 5.74) is 3.70. The molecule has 0 amide bonds. The molecule has 16 heteroatoms. The third-order valence-corrected chi connectivity index (χ3v) is 7.37. The van der Waals surface area contributed by atoms with E-state index >= 15 is 0 Å². The summed E-state index contributed by atoms with van der Waals surface area (Å²) in [6.07, 6.45) is 5.96.